The summed E-state index contributed by atoms with van der Waals surface area (Å²) >= 11 is 5.75. The quantitative estimate of drug-likeness (QED) is 0.830. The van der Waals surface area contributed by atoms with Gasteiger partial charge < -0.3 is 5.11 Å². The average Bonchev–Trinajstić information content (AvgIpc) is 2.16. The van der Waals surface area contributed by atoms with Gasteiger partial charge in [0, 0.05) is 0 Å². The molecule has 1 atom stereocenters. The van der Waals surface area contributed by atoms with Crippen molar-refractivity contribution in [2.45, 2.75) is 29.1 Å². The van der Waals surface area contributed by atoms with Crippen LogP contribution in [0.1, 0.15) is 13.8 Å². The molecule has 15 heavy (non-hydrogen) atoms. The van der Waals surface area contributed by atoms with Gasteiger partial charge in [-0.2, -0.15) is 0 Å². The lowest BCUT2D eigenvalue weighted by atomic mass is 10.2. The summed E-state index contributed by atoms with van der Waals surface area (Å²) in [6, 6.07) is 7.85. The van der Waals surface area contributed by atoms with Crippen LogP contribution >= 0.6 is 11.6 Å². The molecule has 0 aliphatic carbocycles. The van der Waals surface area contributed by atoms with E-state index in [0.29, 0.717) is 0 Å². The Hall–Kier alpha value is -0.580. The SMILES string of the molecule is CC(C)(O)C(Cl)S(=O)(=O)c1ccccc1. The fraction of sp³-hybridized carbons (Fsp3) is 0.400. The molecule has 1 rings (SSSR count). The second-order valence-electron chi connectivity index (χ2n) is 3.83. The van der Waals surface area contributed by atoms with Gasteiger partial charge in [0.05, 0.1) is 10.5 Å². The van der Waals surface area contributed by atoms with Crippen molar-refractivity contribution in [2.24, 2.45) is 0 Å². The van der Waals surface area contributed by atoms with Crippen LogP contribution in [0.25, 0.3) is 0 Å². The Morgan fingerprint density at radius 1 is 1.27 bits per heavy atom. The Labute approximate surface area is 94.6 Å². The maximum absolute atomic E-state index is 11.9. The molecule has 3 nitrogen and oxygen atoms in total. The molecular weight excluding hydrogens is 236 g/mol. The molecule has 84 valence electrons. The van der Waals surface area contributed by atoms with Gasteiger partial charge in [-0.15, -0.1) is 11.6 Å². The summed E-state index contributed by atoms with van der Waals surface area (Å²) in [5, 5.41) is 9.57. The molecule has 0 aromatic heterocycles. The number of hydrogen-bond donors (Lipinski definition) is 1. The highest BCUT2D eigenvalue weighted by Crippen LogP contribution is 2.26. The maximum atomic E-state index is 11.9. The van der Waals surface area contributed by atoms with E-state index < -0.39 is 20.1 Å². The van der Waals surface area contributed by atoms with E-state index in [0.717, 1.165) is 0 Å². The zero-order valence-corrected chi connectivity index (χ0v) is 10.1. The third-order valence-electron chi connectivity index (χ3n) is 1.90. The van der Waals surface area contributed by atoms with E-state index in [4.69, 9.17) is 11.6 Å². The normalized spacial score (nSPS) is 14.9. The van der Waals surface area contributed by atoms with Crippen LogP contribution in [0.2, 0.25) is 0 Å². The monoisotopic (exact) mass is 248 g/mol. The predicted octanol–water partition coefficient (Wildman–Crippen LogP) is 1.80. The van der Waals surface area contributed by atoms with Crippen LogP contribution in [-0.2, 0) is 9.84 Å². The van der Waals surface area contributed by atoms with Crippen molar-refractivity contribution >= 4 is 21.4 Å². The molecule has 0 fully saturated rings. The van der Waals surface area contributed by atoms with Gasteiger partial charge in [-0.1, -0.05) is 18.2 Å². The lowest BCUT2D eigenvalue weighted by Crippen LogP contribution is -2.37. The lowest BCUT2D eigenvalue weighted by molar-refractivity contribution is 0.0946. The van der Waals surface area contributed by atoms with Crippen LogP contribution in [0.4, 0.5) is 0 Å². The highest BCUT2D eigenvalue weighted by molar-refractivity contribution is 7.93. The summed E-state index contributed by atoms with van der Waals surface area (Å²) in [6.07, 6.45) is 0. The van der Waals surface area contributed by atoms with Crippen LogP contribution in [-0.4, -0.2) is 23.8 Å². The van der Waals surface area contributed by atoms with Crippen LogP contribution in [0.3, 0.4) is 0 Å². The zero-order chi connectivity index (χ0) is 11.7. The van der Waals surface area contributed by atoms with Gasteiger partial charge in [-0.3, -0.25) is 0 Å². The minimum absolute atomic E-state index is 0.118. The fourth-order valence-corrected chi connectivity index (χ4v) is 2.95. The largest absolute Gasteiger partial charge is 0.388 e. The maximum Gasteiger partial charge on any atom is 0.197 e. The smallest absolute Gasteiger partial charge is 0.197 e. The van der Waals surface area contributed by atoms with E-state index in [1.807, 2.05) is 0 Å². The summed E-state index contributed by atoms with van der Waals surface area (Å²) in [4.78, 5) is 0.118. The molecule has 1 unspecified atom stereocenters. The molecule has 0 radical (unpaired) electrons. The molecule has 0 saturated carbocycles. The molecule has 5 heteroatoms. The number of benzene rings is 1. The van der Waals surface area contributed by atoms with Crippen molar-refractivity contribution in [1.82, 2.24) is 0 Å². The standard InChI is InChI=1S/C10H13ClO3S/c1-10(2,12)9(11)15(13,14)8-6-4-3-5-7-8/h3-7,9,12H,1-2H3. The molecule has 0 spiro atoms. The first kappa shape index (κ1) is 12.5. The number of hydrogen-bond acceptors (Lipinski definition) is 3. The summed E-state index contributed by atoms with van der Waals surface area (Å²) in [5.74, 6) is 0. The Bertz CT molecular complexity index is 420. The molecule has 0 amide bonds. The van der Waals surface area contributed by atoms with Crippen molar-refractivity contribution in [3.63, 3.8) is 0 Å². The molecule has 0 heterocycles. The topological polar surface area (TPSA) is 54.4 Å². The Morgan fingerprint density at radius 3 is 2.13 bits per heavy atom. The first-order valence-corrected chi connectivity index (χ1v) is 6.40. The van der Waals surface area contributed by atoms with E-state index >= 15 is 0 Å². The molecule has 0 aliphatic heterocycles. The Kier molecular flexibility index (Phi) is 3.43. The van der Waals surface area contributed by atoms with Gasteiger partial charge in [0.1, 0.15) is 0 Å². The number of alkyl halides is 1. The third kappa shape index (κ3) is 2.71. The highest BCUT2D eigenvalue weighted by atomic mass is 35.5. The third-order valence-corrected chi connectivity index (χ3v) is 5.19. The van der Waals surface area contributed by atoms with Gasteiger partial charge >= 0.3 is 0 Å². The van der Waals surface area contributed by atoms with Crippen LogP contribution < -0.4 is 0 Å². The minimum atomic E-state index is -3.68. The van der Waals surface area contributed by atoms with Gasteiger partial charge in [-0.25, -0.2) is 8.42 Å². The van der Waals surface area contributed by atoms with Crippen LogP contribution in [0.15, 0.2) is 35.2 Å². The number of sulfone groups is 1. The van der Waals surface area contributed by atoms with Crippen molar-refractivity contribution in [3.8, 4) is 0 Å². The Morgan fingerprint density at radius 2 is 1.73 bits per heavy atom. The average molecular weight is 249 g/mol. The predicted molar refractivity (Wildman–Crippen MR) is 59.6 cm³/mol. The van der Waals surface area contributed by atoms with E-state index in [1.54, 1.807) is 18.2 Å². The molecule has 0 saturated heterocycles. The van der Waals surface area contributed by atoms with Crippen LogP contribution in [0.5, 0.6) is 0 Å². The van der Waals surface area contributed by atoms with E-state index in [1.165, 1.54) is 26.0 Å². The van der Waals surface area contributed by atoms with Crippen molar-refractivity contribution in [1.29, 1.82) is 0 Å². The summed E-state index contributed by atoms with van der Waals surface area (Å²) in [5.41, 5.74) is -1.48. The second kappa shape index (κ2) is 4.12. The van der Waals surface area contributed by atoms with E-state index in [2.05, 4.69) is 0 Å². The van der Waals surface area contributed by atoms with Crippen LogP contribution in [0, 0.1) is 0 Å². The first-order valence-electron chi connectivity index (χ1n) is 4.41. The Balaban J connectivity index is 3.16. The molecule has 0 aliphatic rings. The summed E-state index contributed by atoms with van der Waals surface area (Å²) in [6.45, 7) is 2.73. The molecule has 0 bridgehead atoms. The minimum Gasteiger partial charge on any atom is -0.388 e. The van der Waals surface area contributed by atoms with Gasteiger partial charge in [0.25, 0.3) is 0 Å². The van der Waals surface area contributed by atoms with Crippen molar-refractivity contribution in [2.75, 3.05) is 0 Å². The summed E-state index contributed by atoms with van der Waals surface area (Å²) in [7, 11) is -3.68. The molecule has 1 N–H and O–H groups in total. The van der Waals surface area contributed by atoms with Crippen molar-refractivity contribution < 1.29 is 13.5 Å². The fourth-order valence-electron chi connectivity index (χ4n) is 1.11. The molecular formula is C10H13ClO3S. The van der Waals surface area contributed by atoms with Gasteiger partial charge in [0.2, 0.25) is 0 Å². The van der Waals surface area contributed by atoms with Crippen molar-refractivity contribution in [3.05, 3.63) is 30.3 Å². The van der Waals surface area contributed by atoms with Gasteiger partial charge in [-0.05, 0) is 26.0 Å². The summed E-state index contributed by atoms with van der Waals surface area (Å²) < 4.78 is 22.4. The second-order valence-corrected chi connectivity index (χ2v) is 6.56. The first-order chi connectivity index (χ1) is 6.76. The van der Waals surface area contributed by atoms with Gasteiger partial charge in [0.15, 0.2) is 14.5 Å². The van der Waals surface area contributed by atoms with E-state index in [-0.39, 0.29) is 4.90 Å². The molecule has 1 aromatic rings. The molecule has 1 aromatic carbocycles. The zero-order valence-electron chi connectivity index (χ0n) is 8.51. The number of halogens is 1. The highest BCUT2D eigenvalue weighted by Gasteiger charge is 2.37. The number of rotatable bonds is 3. The van der Waals surface area contributed by atoms with E-state index in [9.17, 15) is 13.5 Å². The lowest BCUT2D eigenvalue weighted by Gasteiger charge is -2.23. The number of aliphatic hydroxyl groups is 1.